The fourth-order valence-electron chi connectivity index (χ4n) is 3.00. The van der Waals surface area contributed by atoms with Gasteiger partial charge in [-0.1, -0.05) is 18.2 Å². The number of imidazole rings is 1. The number of aryl methyl sites for hydroxylation is 1. The molecule has 146 valence electrons. The monoisotopic (exact) mass is 381 g/mol. The fourth-order valence-corrected chi connectivity index (χ4v) is 3.00. The van der Waals surface area contributed by atoms with Gasteiger partial charge in [-0.15, -0.1) is 0 Å². The van der Waals surface area contributed by atoms with Gasteiger partial charge in [0.2, 0.25) is 5.91 Å². The first-order chi connectivity index (χ1) is 13.5. The summed E-state index contributed by atoms with van der Waals surface area (Å²) < 4.78 is 20.7. The molecule has 2 aromatic rings. The van der Waals surface area contributed by atoms with E-state index in [-0.39, 0.29) is 5.91 Å². The SMILES string of the molecule is COc1cc(/C=C/C(=O)NCCC2=CC(F)CC=C2)ccc1-n1cnc(C)c1. The van der Waals surface area contributed by atoms with Gasteiger partial charge in [0.05, 0.1) is 24.8 Å². The number of rotatable bonds is 7. The lowest BCUT2D eigenvalue weighted by molar-refractivity contribution is -0.116. The molecule has 0 saturated carbocycles. The molecule has 1 aromatic heterocycles. The highest BCUT2D eigenvalue weighted by molar-refractivity contribution is 5.91. The minimum absolute atomic E-state index is 0.189. The first-order valence-electron chi connectivity index (χ1n) is 9.21. The second-order valence-corrected chi connectivity index (χ2v) is 6.62. The van der Waals surface area contributed by atoms with Gasteiger partial charge in [0.1, 0.15) is 11.9 Å². The number of ether oxygens (including phenoxy) is 1. The number of carbonyl (C=O) groups is 1. The lowest BCUT2D eigenvalue weighted by Crippen LogP contribution is -2.22. The molecule has 3 rings (SSSR count). The fraction of sp³-hybridized carbons (Fsp3) is 0.273. The lowest BCUT2D eigenvalue weighted by Gasteiger charge is -2.10. The lowest BCUT2D eigenvalue weighted by atomic mass is 10.0. The van der Waals surface area contributed by atoms with Crippen LogP contribution in [0.3, 0.4) is 0 Å². The number of methoxy groups -OCH3 is 1. The predicted molar refractivity (Wildman–Crippen MR) is 108 cm³/mol. The van der Waals surface area contributed by atoms with Crippen molar-refractivity contribution in [1.82, 2.24) is 14.9 Å². The van der Waals surface area contributed by atoms with E-state index >= 15 is 0 Å². The van der Waals surface area contributed by atoms with Gasteiger partial charge in [0.15, 0.2) is 0 Å². The minimum atomic E-state index is -0.917. The van der Waals surface area contributed by atoms with Crippen molar-refractivity contribution in [1.29, 1.82) is 0 Å². The van der Waals surface area contributed by atoms with E-state index in [2.05, 4.69) is 10.3 Å². The Morgan fingerprint density at radius 3 is 3.04 bits per heavy atom. The van der Waals surface area contributed by atoms with Crippen molar-refractivity contribution in [3.63, 3.8) is 0 Å². The van der Waals surface area contributed by atoms with Gasteiger partial charge in [0.25, 0.3) is 0 Å². The molecule has 1 amide bonds. The summed E-state index contributed by atoms with van der Waals surface area (Å²) in [4.78, 5) is 16.2. The Labute approximate surface area is 164 Å². The molecule has 6 heteroatoms. The number of aromatic nitrogens is 2. The number of halogens is 1. The number of nitrogens with one attached hydrogen (secondary N) is 1. The van der Waals surface area contributed by atoms with Crippen LogP contribution in [0.4, 0.5) is 4.39 Å². The van der Waals surface area contributed by atoms with Crippen molar-refractivity contribution >= 4 is 12.0 Å². The predicted octanol–water partition coefficient (Wildman–Crippen LogP) is 3.93. The van der Waals surface area contributed by atoms with Crippen LogP contribution in [0.5, 0.6) is 5.75 Å². The molecule has 1 heterocycles. The minimum Gasteiger partial charge on any atom is -0.495 e. The van der Waals surface area contributed by atoms with Crippen LogP contribution in [-0.2, 0) is 4.79 Å². The number of allylic oxidation sites excluding steroid dienone is 3. The second kappa shape index (κ2) is 9.17. The zero-order chi connectivity index (χ0) is 19.9. The summed E-state index contributed by atoms with van der Waals surface area (Å²) in [7, 11) is 1.61. The third-order valence-corrected chi connectivity index (χ3v) is 4.42. The van der Waals surface area contributed by atoms with Crippen molar-refractivity contribution < 1.29 is 13.9 Å². The van der Waals surface area contributed by atoms with E-state index in [0.29, 0.717) is 25.1 Å². The molecule has 0 aliphatic heterocycles. The van der Waals surface area contributed by atoms with Gasteiger partial charge in [0, 0.05) is 25.2 Å². The van der Waals surface area contributed by atoms with Crippen LogP contribution in [0.2, 0.25) is 0 Å². The Bertz CT molecular complexity index is 928. The zero-order valence-electron chi connectivity index (χ0n) is 16.1. The highest BCUT2D eigenvalue weighted by Crippen LogP contribution is 2.25. The maximum absolute atomic E-state index is 13.3. The van der Waals surface area contributed by atoms with Gasteiger partial charge in [-0.25, -0.2) is 9.37 Å². The number of benzene rings is 1. The summed E-state index contributed by atoms with van der Waals surface area (Å²) in [5.74, 6) is 0.502. The van der Waals surface area contributed by atoms with Gasteiger partial charge in [-0.05, 0) is 48.8 Å². The first-order valence-corrected chi connectivity index (χ1v) is 9.21. The average Bonchev–Trinajstić information content (AvgIpc) is 3.12. The number of hydrogen-bond donors (Lipinski definition) is 1. The maximum atomic E-state index is 13.3. The molecule has 0 spiro atoms. The van der Waals surface area contributed by atoms with E-state index in [0.717, 1.165) is 22.5 Å². The molecule has 1 N–H and O–H groups in total. The summed E-state index contributed by atoms with van der Waals surface area (Å²) in [5.41, 5.74) is 3.57. The zero-order valence-corrected chi connectivity index (χ0v) is 16.1. The smallest absolute Gasteiger partial charge is 0.244 e. The van der Waals surface area contributed by atoms with Gasteiger partial charge >= 0.3 is 0 Å². The van der Waals surface area contributed by atoms with Crippen molar-refractivity contribution in [3.8, 4) is 11.4 Å². The second-order valence-electron chi connectivity index (χ2n) is 6.62. The molecule has 5 nitrogen and oxygen atoms in total. The molecule has 0 radical (unpaired) electrons. The Hall–Kier alpha value is -3.15. The molecule has 1 aromatic carbocycles. The third-order valence-electron chi connectivity index (χ3n) is 4.42. The van der Waals surface area contributed by atoms with E-state index in [1.54, 1.807) is 25.6 Å². The topological polar surface area (TPSA) is 56.1 Å². The van der Waals surface area contributed by atoms with E-state index in [9.17, 15) is 9.18 Å². The standard InChI is InChI=1S/C22H24FN3O2/c1-16-14-26(15-25-16)20-8-6-18(13-21(20)28-2)7-9-22(27)24-11-10-17-4-3-5-19(23)12-17/h3-4,6-9,12-15,19H,5,10-11H2,1-2H3,(H,24,27)/b9-7+. The number of alkyl halides is 1. The van der Waals surface area contributed by atoms with Crippen LogP contribution in [0.1, 0.15) is 24.1 Å². The molecule has 1 unspecified atom stereocenters. The van der Waals surface area contributed by atoms with Crippen molar-refractivity contribution in [3.05, 3.63) is 71.9 Å². The van der Waals surface area contributed by atoms with Crippen LogP contribution >= 0.6 is 0 Å². The number of carbonyl (C=O) groups excluding carboxylic acids is 1. The molecular weight excluding hydrogens is 357 g/mol. The number of nitrogens with zero attached hydrogens (tertiary/aromatic N) is 2. The summed E-state index contributed by atoms with van der Waals surface area (Å²) in [6.45, 7) is 2.39. The van der Waals surface area contributed by atoms with E-state index < -0.39 is 6.17 Å². The molecule has 1 aliphatic rings. The van der Waals surface area contributed by atoms with Crippen molar-refractivity contribution in [2.75, 3.05) is 13.7 Å². The van der Waals surface area contributed by atoms with Crippen LogP contribution < -0.4 is 10.1 Å². The Kier molecular flexibility index (Phi) is 6.42. The highest BCUT2D eigenvalue weighted by Gasteiger charge is 2.08. The van der Waals surface area contributed by atoms with Crippen molar-refractivity contribution in [2.45, 2.75) is 25.9 Å². The summed E-state index contributed by atoms with van der Waals surface area (Å²) >= 11 is 0. The summed E-state index contributed by atoms with van der Waals surface area (Å²) in [5, 5.41) is 2.82. The Morgan fingerprint density at radius 2 is 2.32 bits per heavy atom. The Morgan fingerprint density at radius 1 is 1.46 bits per heavy atom. The normalized spacial score (nSPS) is 16.2. The maximum Gasteiger partial charge on any atom is 0.244 e. The quantitative estimate of drug-likeness (QED) is 0.740. The molecular formula is C22H24FN3O2. The third kappa shape index (κ3) is 5.19. The van der Waals surface area contributed by atoms with Crippen LogP contribution in [0.15, 0.2) is 60.6 Å². The molecule has 1 aliphatic carbocycles. The van der Waals surface area contributed by atoms with Gasteiger partial charge in [-0.3, -0.25) is 4.79 Å². The van der Waals surface area contributed by atoms with E-state index in [4.69, 9.17) is 4.74 Å². The van der Waals surface area contributed by atoms with Gasteiger partial charge < -0.3 is 14.6 Å². The van der Waals surface area contributed by atoms with Crippen LogP contribution in [0.25, 0.3) is 11.8 Å². The molecule has 0 saturated heterocycles. The molecule has 1 atom stereocenters. The first kappa shape index (κ1) is 19.6. The molecule has 28 heavy (non-hydrogen) atoms. The number of amides is 1. The van der Waals surface area contributed by atoms with Crippen molar-refractivity contribution in [2.24, 2.45) is 0 Å². The summed E-state index contributed by atoms with van der Waals surface area (Å²) in [6, 6.07) is 5.70. The van der Waals surface area contributed by atoms with E-state index in [1.807, 2.05) is 48.0 Å². The largest absolute Gasteiger partial charge is 0.495 e. The Balaban J connectivity index is 1.57. The summed E-state index contributed by atoms with van der Waals surface area (Å²) in [6.07, 6.45) is 12.3. The van der Waals surface area contributed by atoms with Gasteiger partial charge in [-0.2, -0.15) is 0 Å². The number of hydrogen-bond acceptors (Lipinski definition) is 3. The highest BCUT2D eigenvalue weighted by atomic mass is 19.1. The van der Waals surface area contributed by atoms with E-state index in [1.165, 1.54) is 6.08 Å². The average molecular weight is 381 g/mol. The molecule has 0 bridgehead atoms. The molecule has 0 fully saturated rings. The van der Waals surface area contributed by atoms with Crippen LogP contribution in [-0.4, -0.2) is 35.3 Å². The van der Waals surface area contributed by atoms with Crippen LogP contribution in [0, 0.1) is 6.92 Å².